The van der Waals surface area contributed by atoms with Gasteiger partial charge >= 0.3 is 0 Å². The van der Waals surface area contributed by atoms with Crippen molar-refractivity contribution in [3.63, 3.8) is 0 Å². The molecule has 0 aromatic heterocycles. The molecule has 0 bridgehead atoms. The van der Waals surface area contributed by atoms with E-state index in [0.717, 1.165) is 6.26 Å². The van der Waals surface area contributed by atoms with Gasteiger partial charge in [0.15, 0.2) is 11.1 Å². The van der Waals surface area contributed by atoms with Crippen LogP contribution in [0.1, 0.15) is 0 Å². The molecule has 1 unspecified atom stereocenters. The van der Waals surface area contributed by atoms with Gasteiger partial charge in [-0.1, -0.05) is 0 Å². The largest absolute Gasteiger partial charge is 0.306 e. The van der Waals surface area contributed by atoms with Gasteiger partial charge in [-0.25, -0.2) is 17.3 Å². The van der Waals surface area contributed by atoms with Gasteiger partial charge in [-0.3, -0.25) is 0 Å². The van der Waals surface area contributed by atoms with E-state index in [-0.39, 0.29) is 12.3 Å². The molecule has 5 nitrogen and oxygen atoms in total. The normalized spacial score (nSPS) is 15.0. The van der Waals surface area contributed by atoms with Gasteiger partial charge in [0.2, 0.25) is 10.0 Å². The molecule has 0 fully saturated rings. The van der Waals surface area contributed by atoms with E-state index in [1.165, 1.54) is 0 Å². The smallest absolute Gasteiger partial charge is 0.208 e. The number of sulfonamides is 1. The maximum atomic E-state index is 10.3. The van der Waals surface area contributed by atoms with E-state index in [9.17, 15) is 12.6 Å². The Bertz CT molecular complexity index is 209. The molecule has 0 saturated heterocycles. The van der Waals surface area contributed by atoms with Gasteiger partial charge in [-0.15, -0.1) is 0 Å². The zero-order chi connectivity index (χ0) is 8.20. The highest BCUT2D eigenvalue weighted by molar-refractivity contribution is 7.88. The standard InChI is InChI=1S/C3H9NO4S2/c1-10(7,8)4-2-3-9(5)6/h4H,2-3H2,1H3,(H,5,6). The average molecular weight is 187 g/mol. The molecule has 0 saturated carbocycles. The summed E-state index contributed by atoms with van der Waals surface area (Å²) in [5.74, 6) is -0.0763. The summed E-state index contributed by atoms with van der Waals surface area (Å²) in [5.41, 5.74) is 0. The quantitative estimate of drug-likeness (QED) is 0.539. The first kappa shape index (κ1) is 10.0. The second-order valence-electron chi connectivity index (χ2n) is 1.69. The summed E-state index contributed by atoms with van der Waals surface area (Å²) in [4.78, 5) is 0. The number of hydrogen-bond donors (Lipinski definition) is 2. The SMILES string of the molecule is CS(=O)(=O)NCCS(=O)O. The topological polar surface area (TPSA) is 83.5 Å². The molecular weight excluding hydrogens is 178 g/mol. The molecule has 0 heterocycles. The minimum Gasteiger partial charge on any atom is -0.306 e. The lowest BCUT2D eigenvalue weighted by Crippen LogP contribution is -2.26. The Morgan fingerprint density at radius 2 is 2.10 bits per heavy atom. The fourth-order valence-electron chi connectivity index (χ4n) is 0.314. The third kappa shape index (κ3) is 8.02. The highest BCUT2D eigenvalue weighted by atomic mass is 32.2. The highest BCUT2D eigenvalue weighted by Gasteiger charge is 1.99. The van der Waals surface area contributed by atoms with E-state index in [2.05, 4.69) is 4.72 Å². The van der Waals surface area contributed by atoms with Crippen LogP contribution in [0.3, 0.4) is 0 Å². The predicted molar refractivity (Wildman–Crippen MR) is 38.5 cm³/mol. The molecule has 0 aromatic carbocycles. The summed E-state index contributed by atoms with van der Waals surface area (Å²) in [5, 5.41) is 0. The van der Waals surface area contributed by atoms with Crippen LogP contribution in [0.5, 0.6) is 0 Å². The van der Waals surface area contributed by atoms with Crippen LogP contribution in [-0.2, 0) is 21.1 Å². The van der Waals surface area contributed by atoms with E-state index < -0.39 is 21.1 Å². The summed E-state index contributed by atoms with van der Waals surface area (Å²) < 4.78 is 40.9. The average Bonchev–Trinajstić information content (AvgIpc) is 1.59. The zero-order valence-corrected chi connectivity index (χ0v) is 7.04. The number of nitrogens with one attached hydrogen (secondary N) is 1. The van der Waals surface area contributed by atoms with Crippen LogP contribution in [0.4, 0.5) is 0 Å². The van der Waals surface area contributed by atoms with Gasteiger partial charge in [0.05, 0.1) is 12.0 Å². The summed E-state index contributed by atoms with van der Waals surface area (Å²) in [7, 11) is -3.22. The van der Waals surface area contributed by atoms with Crippen LogP contribution in [0, 0.1) is 0 Å². The van der Waals surface area contributed by atoms with Gasteiger partial charge in [0.1, 0.15) is 0 Å². The van der Waals surface area contributed by atoms with Crippen molar-refractivity contribution in [3.05, 3.63) is 0 Å². The second-order valence-corrected chi connectivity index (χ2v) is 4.58. The minimum atomic E-state index is -3.22. The monoisotopic (exact) mass is 187 g/mol. The lowest BCUT2D eigenvalue weighted by atomic mass is 10.8. The van der Waals surface area contributed by atoms with Crippen molar-refractivity contribution in [1.29, 1.82) is 0 Å². The molecule has 62 valence electrons. The van der Waals surface area contributed by atoms with Crippen LogP contribution in [-0.4, -0.2) is 35.7 Å². The van der Waals surface area contributed by atoms with Crippen LogP contribution in [0.25, 0.3) is 0 Å². The first-order valence-corrected chi connectivity index (χ1v) is 5.60. The van der Waals surface area contributed by atoms with Crippen LogP contribution in [0.15, 0.2) is 0 Å². The minimum absolute atomic E-state index is 0.00193. The molecule has 0 aliphatic carbocycles. The van der Waals surface area contributed by atoms with Gasteiger partial charge in [0.25, 0.3) is 0 Å². The Morgan fingerprint density at radius 1 is 1.60 bits per heavy atom. The molecule has 0 aromatic rings. The molecule has 0 radical (unpaired) electrons. The van der Waals surface area contributed by atoms with Gasteiger partial charge < -0.3 is 4.55 Å². The van der Waals surface area contributed by atoms with Gasteiger partial charge in [-0.05, 0) is 0 Å². The molecule has 1 atom stereocenters. The van der Waals surface area contributed by atoms with E-state index in [1.807, 2.05) is 0 Å². The summed E-state index contributed by atoms with van der Waals surface area (Å²) >= 11 is -1.93. The fourth-order valence-corrected chi connectivity index (χ4v) is 1.19. The lowest BCUT2D eigenvalue weighted by Gasteiger charge is -1.97. The Morgan fingerprint density at radius 3 is 2.40 bits per heavy atom. The van der Waals surface area contributed by atoms with Crippen molar-refractivity contribution >= 4 is 21.1 Å². The summed E-state index contributed by atoms with van der Waals surface area (Å²) in [6.07, 6.45) is 0.993. The molecule has 0 aliphatic rings. The fraction of sp³-hybridized carbons (Fsp3) is 1.00. The van der Waals surface area contributed by atoms with E-state index in [4.69, 9.17) is 4.55 Å². The van der Waals surface area contributed by atoms with Crippen molar-refractivity contribution in [1.82, 2.24) is 4.72 Å². The first-order valence-electron chi connectivity index (χ1n) is 2.44. The highest BCUT2D eigenvalue weighted by Crippen LogP contribution is 1.75. The predicted octanol–water partition coefficient (Wildman–Crippen LogP) is -1.24. The molecule has 0 aliphatic heterocycles. The Kier molecular flexibility index (Phi) is 4.02. The number of rotatable bonds is 4. The van der Waals surface area contributed by atoms with Crippen LogP contribution >= 0.6 is 0 Å². The maximum absolute atomic E-state index is 10.3. The molecule has 0 rings (SSSR count). The van der Waals surface area contributed by atoms with Crippen molar-refractivity contribution in [2.45, 2.75) is 0 Å². The Labute approximate surface area is 62.2 Å². The maximum Gasteiger partial charge on any atom is 0.208 e. The van der Waals surface area contributed by atoms with Gasteiger partial charge in [0, 0.05) is 6.54 Å². The first-order chi connectivity index (χ1) is 4.42. The third-order valence-electron chi connectivity index (χ3n) is 0.641. The molecule has 7 heteroatoms. The third-order valence-corrected chi connectivity index (χ3v) is 1.92. The Hall–Kier alpha value is 0.0200. The van der Waals surface area contributed by atoms with Crippen molar-refractivity contribution in [3.8, 4) is 0 Å². The van der Waals surface area contributed by atoms with E-state index in [0.29, 0.717) is 0 Å². The summed E-state index contributed by atoms with van der Waals surface area (Å²) in [6.45, 7) is 0.00193. The van der Waals surface area contributed by atoms with Crippen LogP contribution < -0.4 is 4.72 Å². The molecule has 2 N–H and O–H groups in total. The molecule has 10 heavy (non-hydrogen) atoms. The Balaban J connectivity index is 3.49. The van der Waals surface area contributed by atoms with Crippen molar-refractivity contribution < 1.29 is 17.2 Å². The van der Waals surface area contributed by atoms with E-state index in [1.54, 1.807) is 0 Å². The van der Waals surface area contributed by atoms with Crippen molar-refractivity contribution in [2.75, 3.05) is 18.6 Å². The summed E-state index contributed by atoms with van der Waals surface area (Å²) in [6, 6.07) is 0. The van der Waals surface area contributed by atoms with Crippen LogP contribution in [0.2, 0.25) is 0 Å². The van der Waals surface area contributed by atoms with E-state index >= 15 is 0 Å². The second kappa shape index (κ2) is 4.02. The molecule has 0 spiro atoms. The molecule has 0 amide bonds. The number of hydrogen-bond acceptors (Lipinski definition) is 3. The van der Waals surface area contributed by atoms with Crippen molar-refractivity contribution in [2.24, 2.45) is 0 Å². The zero-order valence-electron chi connectivity index (χ0n) is 5.40. The molecular formula is C3H9NO4S2. The lowest BCUT2D eigenvalue weighted by molar-refractivity contribution is 0.562. The van der Waals surface area contributed by atoms with Gasteiger partial charge in [-0.2, -0.15) is 0 Å².